The van der Waals surface area contributed by atoms with Crippen LogP contribution in [-0.2, 0) is 27.2 Å². The number of amides is 1. The smallest absolute Gasteiger partial charge is 0.363 e. The molecule has 41 heavy (non-hydrogen) atoms. The molecule has 3 saturated heterocycles. The third kappa shape index (κ3) is 6.26. The van der Waals surface area contributed by atoms with Gasteiger partial charge < -0.3 is 24.6 Å². The molecule has 0 unspecified atom stereocenters. The molecule has 0 atom stereocenters. The number of nitrogens with one attached hydrogen (secondary N) is 1. The van der Waals surface area contributed by atoms with E-state index in [0.29, 0.717) is 63.6 Å². The lowest BCUT2D eigenvalue weighted by molar-refractivity contribution is -0.155. The van der Waals surface area contributed by atoms with Gasteiger partial charge in [-0.05, 0) is 19.0 Å². The van der Waals surface area contributed by atoms with Crippen molar-refractivity contribution in [3.8, 4) is 0 Å². The summed E-state index contributed by atoms with van der Waals surface area (Å²) in [6.45, 7) is 11.1. The molecule has 15 heteroatoms. The van der Waals surface area contributed by atoms with E-state index in [1.165, 1.54) is 4.68 Å². The van der Waals surface area contributed by atoms with E-state index in [9.17, 15) is 22.8 Å². The number of hydrogen-bond donors (Lipinski definition) is 1. The van der Waals surface area contributed by atoms with Gasteiger partial charge in [-0.15, -0.1) is 5.10 Å². The number of aryl methyl sites for hydroxylation is 1. The Labute approximate surface area is 237 Å². The topological polar surface area (TPSA) is 115 Å². The number of fused-ring (bicyclic) bond motifs is 1. The predicted molar refractivity (Wildman–Crippen MR) is 147 cm³/mol. The van der Waals surface area contributed by atoms with Crippen molar-refractivity contribution < 1.29 is 27.4 Å². The summed E-state index contributed by atoms with van der Waals surface area (Å²) in [5.41, 5.74) is -1.93. The van der Waals surface area contributed by atoms with E-state index in [4.69, 9.17) is 9.47 Å². The van der Waals surface area contributed by atoms with Crippen LogP contribution < -0.4 is 15.8 Å². The van der Waals surface area contributed by atoms with Crippen LogP contribution in [0.15, 0.2) is 23.3 Å². The van der Waals surface area contributed by atoms with Crippen molar-refractivity contribution in [3.63, 3.8) is 0 Å². The van der Waals surface area contributed by atoms with Crippen molar-refractivity contribution >= 4 is 25.7 Å². The lowest BCUT2D eigenvalue weighted by Crippen LogP contribution is -2.63. The SMILES string of the molecule is Cc1cc(N[C@]23CO[C@](C(=O)N4CCN(c5ncc(C(F)(F)F)cn5)CC4)(C2)C3)nn(COCC[Si](C)(C)C)c1=O. The molecule has 3 aliphatic heterocycles. The van der Waals surface area contributed by atoms with E-state index in [1.54, 1.807) is 22.8 Å². The van der Waals surface area contributed by atoms with Gasteiger partial charge in [0, 0.05) is 71.7 Å². The van der Waals surface area contributed by atoms with E-state index < -0.39 is 31.0 Å². The van der Waals surface area contributed by atoms with Crippen LogP contribution in [0.4, 0.5) is 24.9 Å². The van der Waals surface area contributed by atoms with Crippen LogP contribution >= 0.6 is 0 Å². The third-order valence-electron chi connectivity index (χ3n) is 7.83. The first-order valence-corrected chi connectivity index (χ1v) is 17.4. The quantitative estimate of drug-likeness (QED) is 0.345. The van der Waals surface area contributed by atoms with E-state index in [2.05, 4.69) is 40.0 Å². The Morgan fingerprint density at radius 2 is 1.80 bits per heavy atom. The number of piperazine rings is 1. The molecule has 0 aromatic carbocycles. The maximum absolute atomic E-state index is 13.4. The molecular weight excluding hydrogens is 559 g/mol. The molecule has 5 heterocycles. The summed E-state index contributed by atoms with van der Waals surface area (Å²) in [4.78, 5) is 37.3. The summed E-state index contributed by atoms with van der Waals surface area (Å²) in [6.07, 6.45) is -1.98. The number of hydrogen-bond acceptors (Lipinski definition) is 9. The number of aromatic nitrogens is 4. The van der Waals surface area contributed by atoms with Gasteiger partial charge in [-0.3, -0.25) is 9.59 Å². The zero-order valence-electron chi connectivity index (χ0n) is 23.8. The lowest BCUT2D eigenvalue weighted by Gasteiger charge is -2.47. The molecule has 0 radical (unpaired) electrons. The fourth-order valence-corrected chi connectivity index (χ4v) is 6.27. The standard InChI is InChI=1S/C26H36F3N7O4Si/c1-18-11-20(33-36(21(18)37)17-39-9-10-41(2,3)4)32-24-14-25(15-24,40-16-24)22(38)34-5-7-35(8-6-34)23-30-12-19(13-31-23)26(27,28)29/h11-13H,5-10,14-17H2,1-4H3,(H,32,33)/t24-,25-. The van der Waals surface area contributed by atoms with Crippen molar-refractivity contribution in [1.82, 2.24) is 24.6 Å². The molecular formula is C26H36F3N7O4Si. The molecule has 4 aliphatic rings. The largest absolute Gasteiger partial charge is 0.419 e. The van der Waals surface area contributed by atoms with Crippen LogP contribution in [0, 0.1) is 6.92 Å². The Bertz CT molecular complexity index is 1330. The van der Waals surface area contributed by atoms with Crippen molar-refractivity contribution in [1.29, 1.82) is 0 Å². The molecule has 2 aromatic heterocycles. The molecule has 11 nitrogen and oxygen atoms in total. The maximum Gasteiger partial charge on any atom is 0.419 e. The average Bonchev–Trinajstić information content (AvgIpc) is 3.44. The van der Waals surface area contributed by atoms with E-state index >= 15 is 0 Å². The zero-order chi connectivity index (χ0) is 29.6. The van der Waals surface area contributed by atoms with Gasteiger partial charge >= 0.3 is 6.18 Å². The highest BCUT2D eigenvalue weighted by Crippen LogP contribution is 2.54. The molecule has 0 spiro atoms. The second kappa shape index (κ2) is 10.7. The zero-order valence-corrected chi connectivity index (χ0v) is 24.8. The van der Waals surface area contributed by atoms with Crippen LogP contribution in [0.5, 0.6) is 0 Å². The van der Waals surface area contributed by atoms with Crippen LogP contribution in [0.1, 0.15) is 24.0 Å². The highest BCUT2D eigenvalue weighted by molar-refractivity contribution is 6.76. The molecule has 1 aliphatic carbocycles. The van der Waals surface area contributed by atoms with Gasteiger partial charge in [0.25, 0.3) is 11.5 Å². The average molecular weight is 596 g/mol. The molecule has 6 rings (SSSR count). The van der Waals surface area contributed by atoms with Gasteiger partial charge in [0.2, 0.25) is 5.95 Å². The summed E-state index contributed by atoms with van der Waals surface area (Å²) in [6, 6.07) is 2.70. The first kappa shape index (κ1) is 29.4. The van der Waals surface area contributed by atoms with Crippen molar-refractivity contribution in [2.24, 2.45) is 0 Å². The molecule has 224 valence electrons. The number of carbonyl (C=O) groups excluding carboxylic acids is 1. The van der Waals surface area contributed by atoms with Crippen molar-refractivity contribution in [2.75, 3.05) is 49.6 Å². The number of carbonyl (C=O) groups is 1. The Kier molecular flexibility index (Phi) is 7.66. The molecule has 1 amide bonds. The minimum Gasteiger partial charge on any atom is -0.363 e. The van der Waals surface area contributed by atoms with Gasteiger partial charge in [-0.1, -0.05) is 19.6 Å². The Hall–Kier alpha value is -3.04. The lowest BCUT2D eigenvalue weighted by atomic mass is 9.67. The number of ether oxygens (including phenoxy) is 2. The second-order valence-electron chi connectivity index (χ2n) is 12.5. The highest BCUT2D eigenvalue weighted by atomic mass is 28.3. The van der Waals surface area contributed by atoms with E-state index in [-0.39, 0.29) is 24.1 Å². The first-order valence-electron chi connectivity index (χ1n) is 13.7. The highest BCUT2D eigenvalue weighted by Gasteiger charge is 2.67. The van der Waals surface area contributed by atoms with Gasteiger partial charge in [0.1, 0.15) is 12.5 Å². The Balaban J connectivity index is 1.15. The summed E-state index contributed by atoms with van der Waals surface area (Å²) in [5.74, 6) is 0.649. The van der Waals surface area contributed by atoms with E-state index in [1.807, 2.05) is 0 Å². The Morgan fingerprint density at radius 1 is 1.15 bits per heavy atom. The van der Waals surface area contributed by atoms with Crippen LogP contribution in [0.25, 0.3) is 0 Å². The van der Waals surface area contributed by atoms with Crippen molar-refractivity contribution in [3.05, 3.63) is 39.9 Å². The number of rotatable bonds is 9. The second-order valence-corrected chi connectivity index (χ2v) is 18.1. The fraction of sp³-hybridized carbons (Fsp3) is 0.654. The summed E-state index contributed by atoms with van der Waals surface area (Å²) >= 11 is 0. The third-order valence-corrected chi connectivity index (χ3v) is 9.54. The molecule has 2 bridgehead atoms. The Morgan fingerprint density at radius 3 is 2.41 bits per heavy atom. The maximum atomic E-state index is 13.4. The molecule has 1 N–H and O–H groups in total. The fourth-order valence-electron chi connectivity index (χ4n) is 5.51. The van der Waals surface area contributed by atoms with Gasteiger partial charge in [-0.2, -0.15) is 13.2 Å². The van der Waals surface area contributed by atoms with Crippen molar-refractivity contribution in [2.45, 2.75) is 69.5 Å². The van der Waals surface area contributed by atoms with E-state index in [0.717, 1.165) is 18.4 Å². The van der Waals surface area contributed by atoms with Crippen LogP contribution in [0.2, 0.25) is 25.7 Å². The molecule has 4 fully saturated rings. The van der Waals surface area contributed by atoms with Crippen LogP contribution in [0.3, 0.4) is 0 Å². The summed E-state index contributed by atoms with van der Waals surface area (Å²) in [7, 11) is -1.25. The predicted octanol–water partition coefficient (Wildman–Crippen LogP) is 2.74. The van der Waals surface area contributed by atoms with Gasteiger partial charge in [-0.25, -0.2) is 14.6 Å². The van der Waals surface area contributed by atoms with Gasteiger partial charge in [0.15, 0.2) is 5.60 Å². The summed E-state index contributed by atoms with van der Waals surface area (Å²) in [5, 5.41) is 7.88. The van der Waals surface area contributed by atoms with Gasteiger partial charge in [0.05, 0.1) is 17.7 Å². The number of anilines is 2. The molecule has 1 saturated carbocycles. The first-order chi connectivity index (χ1) is 19.2. The number of alkyl halides is 3. The summed E-state index contributed by atoms with van der Waals surface area (Å²) < 4.78 is 51.5. The normalized spacial score (nSPS) is 24.4. The number of nitrogens with zero attached hydrogens (tertiary/aromatic N) is 6. The monoisotopic (exact) mass is 595 g/mol. The number of halogens is 3. The minimum atomic E-state index is -4.49. The van der Waals surface area contributed by atoms with Crippen LogP contribution in [-0.4, -0.2) is 89.2 Å². The minimum absolute atomic E-state index is 0.0785. The molecule has 2 aromatic rings.